The lowest BCUT2D eigenvalue weighted by atomic mass is 10.2. The van der Waals surface area contributed by atoms with E-state index in [1.165, 1.54) is 14.2 Å². The number of methoxy groups -OCH3 is 2. The fourth-order valence-electron chi connectivity index (χ4n) is 1.04. The number of aromatic nitrogens is 1. The van der Waals surface area contributed by atoms with Gasteiger partial charge in [0.15, 0.2) is 0 Å². The molecule has 0 bridgehead atoms. The molecule has 0 aromatic carbocycles. The van der Waals surface area contributed by atoms with Gasteiger partial charge in [0.05, 0.1) is 26.3 Å². The largest absolute Gasteiger partial charge is 0.480 e. The van der Waals surface area contributed by atoms with Crippen LogP contribution in [0.25, 0.3) is 0 Å². The predicted octanol–water partition coefficient (Wildman–Crippen LogP) is 0.677. The maximum atomic E-state index is 11.0. The molecule has 0 spiro atoms. The summed E-state index contributed by atoms with van der Waals surface area (Å²) in [5, 5.41) is 8.71. The summed E-state index contributed by atoms with van der Waals surface area (Å²) in [6.07, 6.45) is 0.0680. The summed E-state index contributed by atoms with van der Waals surface area (Å²) in [5.41, 5.74) is 0.851. The molecular weight excluding hydrogens is 196 g/mol. The first-order valence-corrected chi connectivity index (χ1v) is 4.22. The summed E-state index contributed by atoms with van der Waals surface area (Å²) < 4.78 is 9.41. The van der Waals surface area contributed by atoms with Crippen molar-refractivity contribution in [3.05, 3.63) is 23.4 Å². The molecule has 15 heavy (non-hydrogen) atoms. The molecule has 1 rings (SSSR count). The van der Waals surface area contributed by atoms with Crippen LogP contribution in [0.5, 0.6) is 5.88 Å². The van der Waals surface area contributed by atoms with E-state index in [0.29, 0.717) is 11.3 Å². The maximum absolute atomic E-state index is 11.0. The number of carbonyl (C=O) groups excluding carboxylic acids is 1. The zero-order valence-corrected chi connectivity index (χ0v) is 8.48. The normalized spacial score (nSPS) is 9.13. The van der Waals surface area contributed by atoms with Crippen LogP contribution >= 0.6 is 0 Å². The molecule has 1 aromatic rings. The molecule has 5 nitrogen and oxygen atoms in total. The van der Waals surface area contributed by atoms with Crippen LogP contribution in [0.1, 0.15) is 11.3 Å². The molecule has 0 amide bonds. The zero-order chi connectivity index (χ0) is 11.3. The van der Waals surface area contributed by atoms with Gasteiger partial charge in [0.25, 0.3) is 0 Å². The van der Waals surface area contributed by atoms with Crippen molar-refractivity contribution in [1.82, 2.24) is 4.98 Å². The third-order valence-electron chi connectivity index (χ3n) is 1.78. The van der Waals surface area contributed by atoms with Crippen LogP contribution in [0.3, 0.4) is 0 Å². The van der Waals surface area contributed by atoms with Crippen molar-refractivity contribution in [1.29, 1.82) is 5.26 Å². The van der Waals surface area contributed by atoms with Gasteiger partial charge in [0, 0.05) is 0 Å². The Morgan fingerprint density at radius 3 is 2.80 bits per heavy atom. The van der Waals surface area contributed by atoms with E-state index in [-0.39, 0.29) is 18.3 Å². The number of hydrogen-bond acceptors (Lipinski definition) is 5. The first-order chi connectivity index (χ1) is 7.21. The molecule has 78 valence electrons. The standard InChI is InChI=1S/C10H10N2O3/c1-14-9(13)5-8-4-3-7(6-11)10(12-8)15-2/h3-4H,5H2,1-2H3. The van der Waals surface area contributed by atoms with E-state index in [1.54, 1.807) is 12.1 Å². The fourth-order valence-corrected chi connectivity index (χ4v) is 1.04. The molecule has 5 heteroatoms. The van der Waals surface area contributed by atoms with Crippen LogP contribution in [-0.2, 0) is 16.0 Å². The van der Waals surface area contributed by atoms with Crippen molar-refractivity contribution >= 4 is 5.97 Å². The number of esters is 1. The second-order valence-electron chi connectivity index (χ2n) is 2.72. The van der Waals surface area contributed by atoms with Gasteiger partial charge in [-0.2, -0.15) is 5.26 Å². The Hall–Kier alpha value is -2.09. The lowest BCUT2D eigenvalue weighted by Crippen LogP contribution is -2.07. The second-order valence-corrected chi connectivity index (χ2v) is 2.72. The summed E-state index contributed by atoms with van der Waals surface area (Å²) in [6, 6.07) is 5.09. The Balaban J connectivity index is 2.94. The highest BCUT2D eigenvalue weighted by Gasteiger charge is 2.08. The Kier molecular flexibility index (Phi) is 3.63. The number of ether oxygens (including phenoxy) is 2. The monoisotopic (exact) mass is 206 g/mol. The lowest BCUT2D eigenvalue weighted by Gasteiger charge is -2.04. The Morgan fingerprint density at radius 2 is 2.27 bits per heavy atom. The Bertz CT molecular complexity index is 410. The van der Waals surface area contributed by atoms with Gasteiger partial charge in [-0.1, -0.05) is 0 Å². The summed E-state index contributed by atoms with van der Waals surface area (Å²) in [7, 11) is 2.73. The van der Waals surface area contributed by atoms with Crippen LogP contribution in [0.2, 0.25) is 0 Å². The molecule has 1 heterocycles. The molecule has 0 aliphatic heterocycles. The Labute approximate surface area is 87.3 Å². The molecule has 0 fully saturated rings. The van der Waals surface area contributed by atoms with E-state index >= 15 is 0 Å². The van der Waals surface area contributed by atoms with Crippen molar-refractivity contribution < 1.29 is 14.3 Å². The van der Waals surface area contributed by atoms with Gasteiger partial charge in [-0.05, 0) is 12.1 Å². The second kappa shape index (κ2) is 4.96. The van der Waals surface area contributed by atoms with E-state index in [0.717, 1.165) is 0 Å². The topological polar surface area (TPSA) is 72.2 Å². The van der Waals surface area contributed by atoms with Gasteiger partial charge in [-0.15, -0.1) is 0 Å². The van der Waals surface area contributed by atoms with Crippen molar-refractivity contribution in [3.8, 4) is 11.9 Å². The summed E-state index contributed by atoms with van der Waals surface area (Å²) >= 11 is 0. The van der Waals surface area contributed by atoms with Crippen LogP contribution in [0.4, 0.5) is 0 Å². The molecule has 0 radical (unpaired) electrons. The molecular formula is C10H10N2O3. The summed E-state index contributed by atoms with van der Waals surface area (Å²) in [5.74, 6) is -0.159. The molecule has 0 unspecified atom stereocenters. The van der Waals surface area contributed by atoms with E-state index in [1.807, 2.05) is 6.07 Å². The Morgan fingerprint density at radius 1 is 1.53 bits per heavy atom. The van der Waals surface area contributed by atoms with Gasteiger partial charge in [-0.3, -0.25) is 4.79 Å². The minimum absolute atomic E-state index is 0.0680. The minimum Gasteiger partial charge on any atom is -0.480 e. The average molecular weight is 206 g/mol. The van der Waals surface area contributed by atoms with Crippen LogP contribution in [0.15, 0.2) is 12.1 Å². The number of hydrogen-bond donors (Lipinski definition) is 0. The molecule has 1 aromatic heterocycles. The average Bonchev–Trinajstić information content (AvgIpc) is 2.28. The number of pyridine rings is 1. The SMILES string of the molecule is COC(=O)Cc1ccc(C#N)c(OC)n1. The van der Waals surface area contributed by atoms with Crippen molar-refractivity contribution in [2.75, 3.05) is 14.2 Å². The number of nitriles is 1. The lowest BCUT2D eigenvalue weighted by molar-refractivity contribution is -0.139. The first-order valence-electron chi connectivity index (χ1n) is 4.22. The van der Waals surface area contributed by atoms with E-state index in [2.05, 4.69) is 9.72 Å². The van der Waals surface area contributed by atoms with Gasteiger partial charge < -0.3 is 9.47 Å². The maximum Gasteiger partial charge on any atom is 0.311 e. The third-order valence-corrected chi connectivity index (χ3v) is 1.78. The summed E-state index contributed by atoms with van der Waals surface area (Å²) in [6.45, 7) is 0. The molecule has 0 saturated heterocycles. The molecule has 0 atom stereocenters. The zero-order valence-electron chi connectivity index (χ0n) is 8.48. The van der Waals surface area contributed by atoms with Crippen LogP contribution in [0, 0.1) is 11.3 Å². The molecule has 0 N–H and O–H groups in total. The van der Waals surface area contributed by atoms with Crippen LogP contribution < -0.4 is 4.74 Å². The third kappa shape index (κ3) is 2.68. The minimum atomic E-state index is -0.380. The predicted molar refractivity (Wildman–Crippen MR) is 51.2 cm³/mol. The van der Waals surface area contributed by atoms with Crippen molar-refractivity contribution in [2.45, 2.75) is 6.42 Å². The van der Waals surface area contributed by atoms with Crippen molar-refractivity contribution in [2.24, 2.45) is 0 Å². The van der Waals surface area contributed by atoms with E-state index < -0.39 is 0 Å². The fraction of sp³-hybridized carbons (Fsp3) is 0.300. The smallest absolute Gasteiger partial charge is 0.311 e. The number of carbonyl (C=O) groups is 1. The molecule has 0 saturated carbocycles. The van der Waals surface area contributed by atoms with Gasteiger partial charge in [0.1, 0.15) is 11.6 Å². The van der Waals surface area contributed by atoms with Gasteiger partial charge >= 0.3 is 5.97 Å². The van der Waals surface area contributed by atoms with Gasteiger partial charge in [-0.25, -0.2) is 4.98 Å². The van der Waals surface area contributed by atoms with E-state index in [4.69, 9.17) is 10.00 Å². The summed E-state index contributed by atoms with van der Waals surface area (Å²) in [4.78, 5) is 15.0. The molecule has 0 aliphatic carbocycles. The highest BCUT2D eigenvalue weighted by Crippen LogP contribution is 2.14. The quantitative estimate of drug-likeness (QED) is 0.680. The number of nitrogens with zero attached hydrogens (tertiary/aromatic N) is 2. The number of rotatable bonds is 3. The first kappa shape index (κ1) is 11.0. The van der Waals surface area contributed by atoms with Crippen molar-refractivity contribution in [3.63, 3.8) is 0 Å². The van der Waals surface area contributed by atoms with E-state index in [9.17, 15) is 4.79 Å². The highest BCUT2D eigenvalue weighted by atomic mass is 16.5. The van der Waals surface area contributed by atoms with Gasteiger partial charge in [0.2, 0.25) is 5.88 Å². The highest BCUT2D eigenvalue weighted by molar-refractivity contribution is 5.71. The van der Waals surface area contributed by atoms with Crippen LogP contribution in [-0.4, -0.2) is 25.2 Å². The molecule has 0 aliphatic rings.